The Morgan fingerprint density at radius 2 is 2.00 bits per heavy atom. The number of carbonyl (C=O) groups is 1. The van der Waals surface area contributed by atoms with Crippen LogP contribution < -0.4 is 10.2 Å². The highest BCUT2D eigenvalue weighted by molar-refractivity contribution is 5.92. The Morgan fingerprint density at radius 3 is 2.75 bits per heavy atom. The van der Waals surface area contributed by atoms with Gasteiger partial charge in [-0.3, -0.25) is 4.79 Å². The number of anilines is 1. The molecule has 1 fully saturated rings. The number of carbonyl (C=O) groups excluding carboxylic acids is 1. The van der Waals surface area contributed by atoms with Crippen LogP contribution in [0.1, 0.15) is 30.5 Å². The lowest BCUT2D eigenvalue weighted by Gasteiger charge is -2.29. The summed E-state index contributed by atoms with van der Waals surface area (Å²) in [6.45, 7) is 5.09. The van der Waals surface area contributed by atoms with E-state index in [1.807, 2.05) is 19.1 Å². The molecule has 2 aromatic rings. The minimum atomic E-state index is -0.573. The van der Waals surface area contributed by atoms with Crippen LogP contribution in [0.25, 0.3) is 6.08 Å². The zero-order chi connectivity index (χ0) is 19.9. The van der Waals surface area contributed by atoms with Crippen molar-refractivity contribution in [3.63, 3.8) is 0 Å². The van der Waals surface area contributed by atoms with Gasteiger partial charge in [-0.15, -0.1) is 0 Å². The summed E-state index contributed by atoms with van der Waals surface area (Å²) in [5.74, 6) is -1.48. The molecule has 6 heteroatoms. The highest BCUT2D eigenvalue weighted by atomic mass is 19.1. The van der Waals surface area contributed by atoms with Crippen molar-refractivity contribution in [2.75, 3.05) is 31.2 Å². The van der Waals surface area contributed by atoms with E-state index in [-0.39, 0.29) is 17.5 Å². The molecule has 1 unspecified atom stereocenters. The molecule has 3 rings (SSSR count). The largest absolute Gasteiger partial charge is 0.378 e. The summed E-state index contributed by atoms with van der Waals surface area (Å²) in [6, 6.07) is 11.1. The first-order valence-electron chi connectivity index (χ1n) is 9.43. The van der Waals surface area contributed by atoms with Crippen LogP contribution in [0.4, 0.5) is 14.5 Å². The molecule has 28 heavy (non-hydrogen) atoms. The van der Waals surface area contributed by atoms with Crippen molar-refractivity contribution in [1.82, 2.24) is 5.32 Å². The van der Waals surface area contributed by atoms with E-state index in [2.05, 4.69) is 22.3 Å². The fourth-order valence-electron chi connectivity index (χ4n) is 3.21. The molecule has 148 valence electrons. The number of rotatable bonds is 6. The average molecular weight is 386 g/mol. The zero-order valence-corrected chi connectivity index (χ0v) is 15.8. The Hall–Kier alpha value is -2.73. The third-order valence-electron chi connectivity index (χ3n) is 4.75. The lowest BCUT2D eigenvalue weighted by atomic mass is 10.0. The third kappa shape index (κ3) is 5.16. The topological polar surface area (TPSA) is 41.6 Å². The fraction of sp³-hybridized carbons (Fsp3) is 0.318. The molecular formula is C22H24F2N2O2. The average Bonchev–Trinajstić information content (AvgIpc) is 2.73. The minimum absolute atomic E-state index is 0.0394. The smallest absolute Gasteiger partial charge is 0.244 e. The monoisotopic (exact) mass is 386 g/mol. The van der Waals surface area contributed by atoms with Gasteiger partial charge in [-0.05, 0) is 48.4 Å². The van der Waals surface area contributed by atoms with Crippen LogP contribution in [-0.2, 0) is 9.53 Å². The second-order valence-corrected chi connectivity index (χ2v) is 6.66. The number of halogens is 2. The number of ether oxygens (including phenoxy) is 1. The van der Waals surface area contributed by atoms with E-state index < -0.39 is 11.6 Å². The number of hydrogen-bond acceptors (Lipinski definition) is 3. The van der Waals surface area contributed by atoms with Crippen molar-refractivity contribution in [1.29, 1.82) is 0 Å². The molecule has 0 aromatic heterocycles. The first kappa shape index (κ1) is 20.0. The lowest BCUT2D eigenvalue weighted by molar-refractivity contribution is -0.117. The Balaban J connectivity index is 1.68. The first-order valence-corrected chi connectivity index (χ1v) is 9.43. The van der Waals surface area contributed by atoms with E-state index in [1.165, 1.54) is 12.2 Å². The van der Waals surface area contributed by atoms with E-state index >= 15 is 0 Å². The number of nitrogens with zero attached hydrogens (tertiary/aromatic N) is 1. The van der Waals surface area contributed by atoms with Crippen molar-refractivity contribution in [2.24, 2.45) is 0 Å². The summed E-state index contributed by atoms with van der Waals surface area (Å²) in [7, 11) is 0. The molecule has 1 amide bonds. The SMILES string of the molecule is CCC(NC(=O)C=Cc1cc(F)ccc1F)c1cccc(N2CCOCC2)c1. The van der Waals surface area contributed by atoms with Gasteiger partial charge in [0.15, 0.2) is 0 Å². The molecule has 1 aliphatic rings. The zero-order valence-electron chi connectivity index (χ0n) is 15.8. The van der Waals surface area contributed by atoms with Gasteiger partial charge in [-0.25, -0.2) is 8.78 Å². The van der Waals surface area contributed by atoms with Gasteiger partial charge in [0.1, 0.15) is 11.6 Å². The maximum atomic E-state index is 13.7. The van der Waals surface area contributed by atoms with Gasteiger partial charge in [0.2, 0.25) is 5.91 Å². The van der Waals surface area contributed by atoms with Crippen LogP contribution in [-0.4, -0.2) is 32.2 Å². The van der Waals surface area contributed by atoms with Gasteiger partial charge in [-0.1, -0.05) is 19.1 Å². The second-order valence-electron chi connectivity index (χ2n) is 6.66. The molecular weight excluding hydrogens is 362 g/mol. The van der Waals surface area contributed by atoms with Crippen molar-refractivity contribution in [2.45, 2.75) is 19.4 Å². The molecule has 0 saturated carbocycles. The Morgan fingerprint density at radius 1 is 1.21 bits per heavy atom. The second kappa shape index (κ2) is 9.46. The number of benzene rings is 2. The summed E-state index contributed by atoms with van der Waals surface area (Å²) >= 11 is 0. The van der Waals surface area contributed by atoms with E-state index in [0.717, 1.165) is 42.5 Å². The standard InChI is InChI=1S/C22H24F2N2O2/c1-2-21(17-4-3-5-19(15-17)26-10-12-28-13-11-26)25-22(27)9-6-16-14-18(23)7-8-20(16)24/h3-9,14-15,21H,2,10-13H2,1H3,(H,25,27). The van der Waals surface area contributed by atoms with Gasteiger partial charge in [0.05, 0.1) is 19.3 Å². The Labute approximate surface area is 163 Å². The summed E-state index contributed by atoms with van der Waals surface area (Å²) in [5.41, 5.74) is 2.15. The van der Waals surface area contributed by atoms with E-state index in [9.17, 15) is 13.6 Å². The number of morpholine rings is 1. The molecule has 1 heterocycles. The maximum absolute atomic E-state index is 13.7. The molecule has 4 nitrogen and oxygen atoms in total. The van der Waals surface area contributed by atoms with Gasteiger partial charge in [0.25, 0.3) is 0 Å². The first-order chi connectivity index (χ1) is 13.6. The van der Waals surface area contributed by atoms with Crippen LogP contribution in [0.3, 0.4) is 0 Å². The predicted octanol–water partition coefficient (Wildman–Crippen LogP) is 4.08. The molecule has 1 aliphatic heterocycles. The summed E-state index contributed by atoms with van der Waals surface area (Å²) in [6.07, 6.45) is 3.22. The normalized spacial score (nSPS) is 15.6. The molecule has 1 N–H and O–H groups in total. The van der Waals surface area contributed by atoms with Crippen molar-refractivity contribution in [3.8, 4) is 0 Å². The van der Waals surface area contributed by atoms with Crippen molar-refractivity contribution in [3.05, 3.63) is 71.3 Å². The van der Waals surface area contributed by atoms with E-state index in [0.29, 0.717) is 19.6 Å². The molecule has 0 radical (unpaired) electrons. The number of amides is 1. The van der Waals surface area contributed by atoms with E-state index in [1.54, 1.807) is 0 Å². The summed E-state index contributed by atoms with van der Waals surface area (Å²) in [4.78, 5) is 14.6. The highest BCUT2D eigenvalue weighted by Crippen LogP contribution is 2.23. The number of nitrogens with one attached hydrogen (secondary N) is 1. The summed E-state index contributed by atoms with van der Waals surface area (Å²) < 4.78 is 32.3. The summed E-state index contributed by atoms with van der Waals surface area (Å²) in [5, 5.41) is 2.93. The van der Waals surface area contributed by atoms with Gasteiger partial charge in [-0.2, -0.15) is 0 Å². The van der Waals surface area contributed by atoms with Crippen molar-refractivity contribution >= 4 is 17.7 Å². The van der Waals surface area contributed by atoms with Gasteiger partial charge < -0.3 is 15.0 Å². The van der Waals surface area contributed by atoms with Crippen LogP contribution in [0.2, 0.25) is 0 Å². The van der Waals surface area contributed by atoms with Crippen LogP contribution >= 0.6 is 0 Å². The quantitative estimate of drug-likeness (QED) is 0.761. The fourth-order valence-corrected chi connectivity index (χ4v) is 3.21. The van der Waals surface area contributed by atoms with Crippen LogP contribution in [0.15, 0.2) is 48.5 Å². The van der Waals surface area contributed by atoms with Crippen LogP contribution in [0, 0.1) is 11.6 Å². The molecule has 2 aromatic carbocycles. The Bertz CT molecular complexity index is 848. The molecule has 1 atom stereocenters. The van der Waals surface area contributed by atoms with Crippen molar-refractivity contribution < 1.29 is 18.3 Å². The van der Waals surface area contributed by atoms with Gasteiger partial charge >= 0.3 is 0 Å². The highest BCUT2D eigenvalue weighted by Gasteiger charge is 2.15. The molecule has 0 bridgehead atoms. The molecule has 0 aliphatic carbocycles. The maximum Gasteiger partial charge on any atom is 0.244 e. The van der Waals surface area contributed by atoms with Gasteiger partial charge in [0, 0.05) is 30.4 Å². The predicted molar refractivity (Wildman–Crippen MR) is 106 cm³/mol. The van der Waals surface area contributed by atoms with E-state index in [4.69, 9.17) is 4.74 Å². The Kier molecular flexibility index (Phi) is 6.76. The number of hydrogen-bond donors (Lipinski definition) is 1. The molecule has 0 spiro atoms. The minimum Gasteiger partial charge on any atom is -0.378 e. The lowest BCUT2D eigenvalue weighted by Crippen LogP contribution is -2.36. The molecule has 1 saturated heterocycles. The third-order valence-corrected chi connectivity index (χ3v) is 4.75. The van der Waals surface area contributed by atoms with Crippen LogP contribution in [0.5, 0.6) is 0 Å².